The Morgan fingerprint density at radius 3 is 2.62 bits per heavy atom. The first-order chi connectivity index (χ1) is 12.3. The van der Waals surface area contributed by atoms with Gasteiger partial charge in [0.05, 0.1) is 10.9 Å². The predicted octanol–water partition coefficient (Wildman–Crippen LogP) is 4.21. The maximum Gasteiger partial charge on any atom is 0.272 e. The minimum absolute atomic E-state index is 0.0794. The largest absolute Gasteiger partial charge is 0.339 e. The molecule has 0 spiro atoms. The fraction of sp³-hybridized carbons (Fsp3) is 0.300. The van der Waals surface area contributed by atoms with Gasteiger partial charge in [0, 0.05) is 30.5 Å². The summed E-state index contributed by atoms with van der Waals surface area (Å²) in [5, 5.41) is 3.98. The van der Waals surface area contributed by atoms with Gasteiger partial charge < -0.3 is 14.5 Å². The van der Waals surface area contributed by atoms with E-state index in [4.69, 9.17) is 11.6 Å². The number of fused-ring (bicyclic) bond motifs is 1. The number of anilines is 1. The topological polar surface area (TPSA) is 56.0 Å². The summed E-state index contributed by atoms with van der Waals surface area (Å²) in [6.07, 6.45) is 1.78. The lowest BCUT2D eigenvalue weighted by molar-refractivity contribution is 0.102. The molecule has 1 aromatic carbocycles. The third-order valence-electron chi connectivity index (χ3n) is 4.41. The van der Waals surface area contributed by atoms with Crippen LogP contribution in [0, 0.1) is 12.8 Å². The summed E-state index contributed by atoms with van der Waals surface area (Å²) in [5.41, 5.74) is 2.65. The molecule has 1 amide bonds. The quantitative estimate of drug-likeness (QED) is 0.746. The lowest BCUT2D eigenvalue weighted by atomic mass is 10.2. The normalized spacial score (nSPS) is 11.3. The van der Waals surface area contributed by atoms with Crippen molar-refractivity contribution in [2.45, 2.75) is 27.3 Å². The van der Waals surface area contributed by atoms with Crippen LogP contribution in [0.25, 0.3) is 10.9 Å². The van der Waals surface area contributed by atoms with E-state index in [1.807, 2.05) is 19.1 Å². The molecule has 3 rings (SSSR count). The van der Waals surface area contributed by atoms with Crippen molar-refractivity contribution in [2.75, 3.05) is 5.32 Å². The molecule has 6 heteroatoms. The fourth-order valence-electron chi connectivity index (χ4n) is 2.99. The second kappa shape index (κ2) is 7.00. The second-order valence-electron chi connectivity index (χ2n) is 6.97. The van der Waals surface area contributed by atoms with Crippen LogP contribution in [0.4, 0.5) is 5.69 Å². The average molecular weight is 372 g/mol. The first-order valence-electron chi connectivity index (χ1n) is 8.54. The third kappa shape index (κ3) is 3.40. The molecule has 0 aliphatic heterocycles. The molecule has 0 fully saturated rings. The summed E-state index contributed by atoms with van der Waals surface area (Å²) in [4.78, 5) is 25.4. The Labute approximate surface area is 157 Å². The van der Waals surface area contributed by atoms with Crippen LogP contribution in [0.15, 0.2) is 41.3 Å². The van der Waals surface area contributed by atoms with Gasteiger partial charge >= 0.3 is 0 Å². The van der Waals surface area contributed by atoms with Gasteiger partial charge in [0.2, 0.25) is 0 Å². The number of aromatic nitrogens is 2. The van der Waals surface area contributed by atoms with Crippen LogP contribution in [0.1, 0.15) is 29.9 Å². The van der Waals surface area contributed by atoms with Crippen LogP contribution >= 0.6 is 11.6 Å². The van der Waals surface area contributed by atoms with Crippen LogP contribution < -0.4 is 10.9 Å². The van der Waals surface area contributed by atoms with E-state index < -0.39 is 0 Å². The molecule has 0 bridgehead atoms. The summed E-state index contributed by atoms with van der Waals surface area (Å²) in [7, 11) is 1.78. The van der Waals surface area contributed by atoms with Gasteiger partial charge in [0.15, 0.2) is 0 Å². The van der Waals surface area contributed by atoms with Gasteiger partial charge in [-0.3, -0.25) is 9.59 Å². The van der Waals surface area contributed by atoms with E-state index in [1.54, 1.807) is 40.6 Å². The first kappa shape index (κ1) is 18.3. The van der Waals surface area contributed by atoms with E-state index in [1.165, 1.54) is 0 Å². The molecule has 26 heavy (non-hydrogen) atoms. The highest BCUT2D eigenvalue weighted by Gasteiger charge is 2.16. The van der Waals surface area contributed by atoms with E-state index in [0.717, 1.165) is 11.1 Å². The lowest BCUT2D eigenvalue weighted by Crippen LogP contribution is -2.21. The van der Waals surface area contributed by atoms with Gasteiger partial charge in [-0.2, -0.15) is 0 Å². The molecule has 0 aliphatic carbocycles. The number of aryl methyl sites for hydroxylation is 2. The third-order valence-corrected chi connectivity index (χ3v) is 4.81. The number of halogens is 1. The molecular formula is C20H22ClN3O2. The van der Waals surface area contributed by atoms with Crippen LogP contribution in [0.5, 0.6) is 0 Å². The summed E-state index contributed by atoms with van der Waals surface area (Å²) < 4.78 is 3.43. The van der Waals surface area contributed by atoms with Gasteiger partial charge in [-0.25, -0.2) is 0 Å². The number of hydrogen-bond donors (Lipinski definition) is 1. The van der Waals surface area contributed by atoms with Gasteiger partial charge in [-0.15, -0.1) is 0 Å². The molecule has 5 nitrogen and oxygen atoms in total. The number of benzene rings is 1. The zero-order valence-electron chi connectivity index (χ0n) is 15.3. The molecule has 0 atom stereocenters. The van der Waals surface area contributed by atoms with Crippen molar-refractivity contribution in [1.29, 1.82) is 0 Å². The zero-order valence-corrected chi connectivity index (χ0v) is 16.1. The van der Waals surface area contributed by atoms with E-state index in [9.17, 15) is 9.59 Å². The molecule has 2 heterocycles. The van der Waals surface area contributed by atoms with E-state index in [0.29, 0.717) is 34.3 Å². The van der Waals surface area contributed by atoms with Crippen molar-refractivity contribution in [2.24, 2.45) is 13.0 Å². The number of carbonyl (C=O) groups is 1. The number of carbonyl (C=O) groups excluding carboxylic acids is 1. The highest BCUT2D eigenvalue weighted by Crippen LogP contribution is 2.22. The maximum atomic E-state index is 12.7. The Morgan fingerprint density at radius 2 is 1.96 bits per heavy atom. The maximum absolute atomic E-state index is 12.7. The molecule has 136 valence electrons. The molecule has 2 aromatic heterocycles. The van der Waals surface area contributed by atoms with Gasteiger partial charge in [-0.05, 0) is 42.7 Å². The van der Waals surface area contributed by atoms with Crippen molar-refractivity contribution < 1.29 is 4.79 Å². The molecule has 1 N–H and O–H groups in total. The summed E-state index contributed by atoms with van der Waals surface area (Å²) >= 11 is 6.12. The van der Waals surface area contributed by atoms with Crippen molar-refractivity contribution in [3.8, 4) is 0 Å². The van der Waals surface area contributed by atoms with Crippen molar-refractivity contribution >= 4 is 34.1 Å². The van der Waals surface area contributed by atoms with Crippen molar-refractivity contribution in [1.82, 2.24) is 9.13 Å². The Hall–Kier alpha value is -2.53. The SMILES string of the molecule is Cc1ccc(NC(=O)c2cc3c(=O)n(CC(C)C)ccc3n2C)cc1Cl. The summed E-state index contributed by atoms with van der Waals surface area (Å²) in [6.45, 7) is 6.67. The van der Waals surface area contributed by atoms with Gasteiger partial charge in [-0.1, -0.05) is 31.5 Å². The van der Waals surface area contributed by atoms with Gasteiger partial charge in [0.25, 0.3) is 11.5 Å². The predicted molar refractivity (Wildman–Crippen MR) is 106 cm³/mol. The molecule has 0 radical (unpaired) electrons. The minimum Gasteiger partial charge on any atom is -0.339 e. The second-order valence-corrected chi connectivity index (χ2v) is 7.38. The Balaban J connectivity index is 1.98. The fourth-order valence-corrected chi connectivity index (χ4v) is 3.18. The number of rotatable bonds is 4. The minimum atomic E-state index is -0.279. The number of amides is 1. The van der Waals surface area contributed by atoms with Crippen LogP contribution in [-0.2, 0) is 13.6 Å². The highest BCUT2D eigenvalue weighted by atomic mass is 35.5. The van der Waals surface area contributed by atoms with E-state index in [2.05, 4.69) is 19.2 Å². The summed E-state index contributed by atoms with van der Waals surface area (Å²) in [5.74, 6) is 0.0846. The Bertz CT molecular complexity index is 1050. The van der Waals surface area contributed by atoms with Crippen LogP contribution in [0.3, 0.4) is 0 Å². The first-order valence-corrected chi connectivity index (χ1v) is 8.92. The van der Waals surface area contributed by atoms with Crippen LogP contribution in [0.2, 0.25) is 5.02 Å². The Kier molecular flexibility index (Phi) is 4.92. The molecule has 0 unspecified atom stereocenters. The number of hydrogen-bond acceptors (Lipinski definition) is 2. The molecule has 0 aliphatic rings. The number of pyridine rings is 1. The van der Waals surface area contributed by atoms with Crippen LogP contribution in [-0.4, -0.2) is 15.0 Å². The number of nitrogens with one attached hydrogen (secondary N) is 1. The smallest absolute Gasteiger partial charge is 0.272 e. The zero-order chi connectivity index (χ0) is 19.0. The highest BCUT2D eigenvalue weighted by molar-refractivity contribution is 6.31. The molecule has 0 saturated carbocycles. The van der Waals surface area contributed by atoms with Crippen molar-refractivity contribution in [3.05, 3.63) is 63.2 Å². The summed E-state index contributed by atoms with van der Waals surface area (Å²) in [6, 6.07) is 8.90. The number of nitrogens with zero attached hydrogens (tertiary/aromatic N) is 2. The van der Waals surface area contributed by atoms with Crippen molar-refractivity contribution in [3.63, 3.8) is 0 Å². The average Bonchev–Trinajstić information content (AvgIpc) is 2.91. The monoisotopic (exact) mass is 371 g/mol. The standard InChI is InChI=1S/C20H22ClN3O2/c1-12(2)11-24-8-7-17-15(20(24)26)10-18(23(17)4)19(25)22-14-6-5-13(3)16(21)9-14/h5-10,12H,11H2,1-4H3,(H,22,25). The van der Waals surface area contributed by atoms with Gasteiger partial charge in [0.1, 0.15) is 5.69 Å². The Morgan fingerprint density at radius 1 is 1.23 bits per heavy atom. The lowest BCUT2D eigenvalue weighted by Gasteiger charge is -2.09. The molecule has 0 saturated heterocycles. The van der Waals surface area contributed by atoms with E-state index >= 15 is 0 Å². The molecular weight excluding hydrogens is 350 g/mol. The molecule has 3 aromatic rings. The van der Waals surface area contributed by atoms with E-state index in [-0.39, 0.29) is 11.5 Å².